The molecule has 1 rings (SSSR count). The minimum atomic E-state index is 0.475. The van der Waals surface area contributed by atoms with Crippen LogP contribution in [0.15, 0.2) is 12.5 Å². The van der Waals surface area contributed by atoms with Gasteiger partial charge in [0.15, 0.2) is 0 Å². The number of ether oxygens (including phenoxy) is 2. The summed E-state index contributed by atoms with van der Waals surface area (Å²) in [5.74, 6) is 0.475. The van der Waals surface area contributed by atoms with E-state index in [1.54, 1.807) is 0 Å². The summed E-state index contributed by atoms with van der Waals surface area (Å²) in [5.41, 5.74) is 0. The van der Waals surface area contributed by atoms with E-state index in [4.69, 9.17) is 9.47 Å². The molecule has 1 aliphatic heterocycles. The first kappa shape index (κ1) is 5.48. The Balaban J connectivity index is 2.27. The van der Waals surface area contributed by atoms with Crippen LogP contribution in [0.2, 0.25) is 0 Å². The predicted molar refractivity (Wildman–Crippen MR) is 30.3 cm³/mol. The van der Waals surface area contributed by atoms with Crippen molar-refractivity contribution in [3.63, 3.8) is 0 Å². The fourth-order valence-electron chi connectivity index (χ4n) is 0.618. The van der Waals surface area contributed by atoms with Crippen LogP contribution >= 0.6 is 0 Å². The second-order valence-corrected chi connectivity index (χ2v) is 1.78. The fraction of sp³-hybridized carbons (Fsp3) is 0.667. The van der Waals surface area contributed by atoms with Gasteiger partial charge in [-0.2, -0.15) is 0 Å². The third kappa shape index (κ3) is 1.45. The Morgan fingerprint density at radius 3 is 2.12 bits per heavy atom. The van der Waals surface area contributed by atoms with Gasteiger partial charge in [-0.15, -0.1) is 0 Å². The highest BCUT2D eigenvalue weighted by atomic mass is 16.7. The van der Waals surface area contributed by atoms with Crippen molar-refractivity contribution in [1.29, 1.82) is 0 Å². The second kappa shape index (κ2) is 2.60. The van der Waals surface area contributed by atoms with Gasteiger partial charge in [0.2, 0.25) is 0 Å². The van der Waals surface area contributed by atoms with Crippen LogP contribution in [-0.4, -0.2) is 13.2 Å². The topological polar surface area (TPSA) is 18.5 Å². The summed E-state index contributed by atoms with van der Waals surface area (Å²) >= 11 is 0. The molecule has 0 aliphatic carbocycles. The van der Waals surface area contributed by atoms with Crippen molar-refractivity contribution in [1.82, 2.24) is 0 Å². The smallest absolute Gasteiger partial charge is 0.271 e. The molecular formula is C6H10O2. The highest BCUT2D eigenvalue weighted by molar-refractivity contribution is 4.69. The monoisotopic (exact) mass is 114 g/mol. The van der Waals surface area contributed by atoms with Crippen molar-refractivity contribution in [2.75, 3.05) is 13.2 Å². The van der Waals surface area contributed by atoms with Gasteiger partial charge in [0, 0.05) is 0 Å². The van der Waals surface area contributed by atoms with E-state index in [0.717, 1.165) is 26.1 Å². The van der Waals surface area contributed by atoms with E-state index in [0.29, 0.717) is 5.95 Å². The lowest BCUT2D eigenvalue weighted by Gasteiger charge is -2.01. The Hall–Kier alpha value is -0.660. The van der Waals surface area contributed by atoms with E-state index < -0.39 is 0 Å². The molecule has 1 saturated heterocycles. The molecule has 1 heterocycles. The van der Waals surface area contributed by atoms with Crippen molar-refractivity contribution in [3.05, 3.63) is 12.5 Å². The second-order valence-electron chi connectivity index (χ2n) is 1.78. The molecule has 0 aromatic carbocycles. The SMILES string of the molecule is C=C1OCCCCO1. The summed E-state index contributed by atoms with van der Waals surface area (Å²) in [6.45, 7) is 5.06. The third-order valence-electron chi connectivity index (χ3n) is 1.06. The normalized spacial score (nSPS) is 20.8. The molecule has 0 bridgehead atoms. The lowest BCUT2D eigenvalue weighted by atomic mass is 10.3. The van der Waals surface area contributed by atoms with E-state index in [-0.39, 0.29) is 0 Å². The molecule has 46 valence electrons. The Morgan fingerprint density at radius 1 is 1.12 bits per heavy atom. The zero-order valence-electron chi connectivity index (χ0n) is 4.85. The Labute approximate surface area is 49.1 Å². The molecule has 2 nitrogen and oxygen atoms in total. The Bertz CT molecular complexity index is 78.5. The van der Waals surface area contributed by atoms with E-state index in [2.05, 4.69) is 6.58 Å². The molecule has 0 amide bonds. The van der Waals surface area contributed by atoms with Crippen molar-refractivity contribution < 1.29 is 9.47 Å². The average molecular weight is 114 g/mol. The summed E-state index contributed by atoms with van der Waals surface area (Å²) < 4.78 is 9.97. The standard InChI is InChI=1S/C6H10O2/c1-6-7-4-2-3-5-8-6/h1-5H2. The molecule has 0 N–H and O–H groups in total. The van der Waals surface area contributed by atoms with Gasteiger partial charge >= 0.3 is 0 Å². The Kier molecular flexibility index (Phi) is 1.78. The maximum Gasteiger partial charge on any atom is 0.271 e. The van der Waals surface area contributed by atoms with Gasteiger partial charge in [-0.25, -0.2) is 0 Å². The third-order valence-corrected chi connectivity index (χ3v) is 1.06. The maximum absolute atomic E-state index is 4.99. The molecule has 0 saturated carbocycles. The highest BCUT2D eigenvalue weighted by Crippen LogP contribution is 2.05. The van der Waals surface area contributed by atoms with Gasteiger partial charge in [-0.3, -0.25) is 0 Å². The fourth-order valence-corrected chi connectivity index (χ4v) is 0.618. The molecule has 0 aromatic heterocycles. The van der Waals surface area contributed by atoms with Crippen molar-refractivity contribution in [2.45, 2.75) is 12.8 Å². The first-order valence-corrected chi connectivity index (χ1v) is 2.84. The van der Waals surface area contributed by atoms with E-state index in [9.17, 15) is 0 Å². The first-order valence-electron chi connectivity index (χ1n) is 2.84. The molecule has 1 aliphatic rings. The van der Waals surface area contributed by atoms with Gasteiger partial charge in [-0.05, 0) is 19.4 Å². The van der Waals surface area contributed by atoms with E-state index in [1.807, 2.05) is 0 Å². The van der Waals surface area contributed by atoms with Crippen LogP contribution in [0.25, 0.3) is 0 Å². The minimum Gasteiger partial charge on any atom is -0.466 e. The van der Waals surface area contributed by atoms with Crippen molar-refractivity contribution >= 4 is 0 Å². The van der Waals surface area contributed by atoms with Gasteiger partial charge in [0.1, 0.15) is 0 Å². The summed E-state index contributed by atoms with van der Waals surface area (Å²) in [6.07, 6.45) is 2.16. The van der Waals surface area contributed by atoms with Crippen LogP contribution in [-0.2, 0) is 9.47 Å². The van der Waals surface area contributed by atoms with Crippen LogP contribution < -0.4 is 0 Å². The lowest BCUT2D eigenvalue weighted by molar-refractivity contribution is 0.0640. The van der Waals surface area contributed by atoms with Crippen molar-refractivity contribution in [3.8, 4) is 0 Å². The van der Waals surface area contributed by atoms with E-state index >= 15 is 0 Å². The van der Waals surface area contributed by atoms with Crippen LogP contribution in [0, 0.1) is 0 Å². The predicted octanol–water partition coefficient (Wildman–Crippen LogP) is 1.28. The van der Waals surface area contributed by atoms with Crippen molar-refractivity contribution in [2.24, 2.45) is 0 Å². The molecule has 0 unspecified atom stereocenters. The van der Waals surface area contributed by atoms with E-state index in [1.165, 1.54) is 0 Å². The molecule has 1 fully saturated rings. The van der Waals surface area contributed by atoms with Gasteiger partial charge in [0.05, 0.1) is 13.2 Å². The summed E-state index contributed by atoms with van der Waals surface area (Å²) in [6, 6.07) is 0. The van der Waals surface area contributed by atoms with Gasteiger partial charge < -0.3 is 9.47 Å². The average Bonchev–Trinajstić information content (AvgIpc) is 1.94. The molecule has 8 heavy (non-hydrogen) atoms. The first-order chi connectivity index (χ1) is 3.89. The summed E-state index contributed by atoms with van der Waals surface area (Å²) in [5, 5.41) is 0. The molecule has 0 atom stereocenters. The van der Waals surface area contributed by atoms with Gasteiger partial charge in [-0.1, -0.05) is 0 Å². The van der Waals surface area contributed by atoms with Crippen LogP contribution in [0.5, 0.6) is 0 Å². The zero-order valence-corrected chi connectivity index (χ0v) is 4.85. The molecular weight excluding hydrogens is 104 g/mol. The highest BCUT2D eigenvalue weighted by Gasteiger charge is 2.00. The van der Waals surface area contributed by atoms with Crippen LogP contribution in [0.4, 0.5) is 0 Å². The quantitative estimate of drug-likeness (QED) is 0.472. The molecule has 2 heteroatoms. The van der Waals surface area contributed by atoms with Crippen LogP contribution in [0.1, 0.15) is 12.8 Å². The molecule has 0 aromatic rings. The van der Waals surface area contributed by atoms with Crippen LogP contribution in [0.3, 0.4) is 0 Å². The summed E-state index contributed by atoms with van der Waals surface area (Å²) in [4.78, 5) is 0. The molecule has 0 radical (unpaired) electrons. The maximum atomic E-state index is 4.99. The largest absolute Gasteiger partial charge is 0.466 e. The zero-order chi connectivity index (χ0) is 5.82. The number of rotatable bonds is 0. The minimum absolute atomic E-state index is 0.475. The number of hydrogen-bond acceptors (Lipinski definition) is 2. The summed E-state index contributed by atoms with van der Waals surface area (Å²) in [7, 11) is 0. The van der Waals surface area contributed by atoms with Gasteiger partial charge in [0.25, 0.3) is 5.95 Å². The number of hydrogen-bond donors (Lipinski definition) is 0. The lowest BCUT2D eigenvalue weighted by Crippen LogP contribution is -1.90. The molecule has 0 spiro atoms. The Morgan fingerprint density at radius 2 is 1.62 bits per heavy atom.